The molecule has 1 aliphatic heterocycles. The average Bonchev–Trinajstić information content (AvgIpc) is 3.22. The van der Waals surface area contributed by atoms with Crippen LogP contribution in [0.2, 0.25) is 0 Å². The minimum absolute atomic E-state index is 0.277. The highest BCUT2D eigenvalue weighted by Gasteiger charge is 2.42. The normalized spacial score (nSPS) is 17.6. The lowest BCUT2D eigenvalue weighted by molar-refractivity contribution is 0.284. The summed E-state index contributed by atoms with van der Waals surface area (Å²) in [6, 6.07) is 0. The van der Waals surface area contributed by atoms with Crippen molar-refractivity contribution in [3.8, 4) is 23.0 Å². The van der Waals surface area contributed by atoms with Crippen LogP contribution >= 0.6 is 0 Å². The van der Waals surface area contributed by atoms with Gasteiger partial charge in [-0.2, -0.15) is 5.53 Å². The molecule has 0 unspecified atom stereocenters. The van der Waals surface area contributed by atoms with Gasteiger partial charge in [0.1, 0.15) is 28.5 Å². The van der Waals surface area contributed by atoms with Gasteiger partial charge in [-0.1, -0.05) is 5.22 Å². The van der Waals surface area contributed by atoms with Crippen molar-refractivity contribution in [2.75, 3.05) is 7.05 Å². The van der Waals surface area contributed by atoms with Crippen LogP contribution in [0.15, 0.2) is 16.0 Å². The zero-order chi connectivity index (χ0) is 19.8. The quantitative estimate of drug-likeness (QED) is 0.576. The molecule has 0 saturated carbocycles. The molecule has 3 aliphatic rings. The summed E-state index contributed by atoms with van der Waals surface area (Å²) >= 11 is 0. The lowest BCUT2D eigenvalue weighted by atomic mass is 9.90. The summed E-state index contributed by atoms with van der Waals surface area (Å²) in [5.74, 6) is 0.564. The standard InChI is InChI=1S/C15H12N14/c1-15(2)11-9(10-12(15)22-26-25-21-10)19-24-14(17-11)13-16-5-4-6-8(7(5)18-23-13)20-27-28-29(6)3/h4H2,1-3H3,(H,20,28). The highest BCUT2D eigenvalue weighted by atomic mass is 15.7. The van der Waals surface area contributed by atoms with E-state index in [0.717, 1.165) is 11.4 Å². The Balaban J connectivity index is 1.43. The summed E-state index contributed by atoms with van der Waals surface area (Å²) in [7, 11) is 1.85. The van der Waals surface area contributed by atoms with Crippen molar-refractivity contribution in [3.05, 3.63) is 28.5 Å². The topological polar surface area (TPSA) is 169 Å². The molecule has 29 heavy (non-hydrogen) atoms. The molecule has 2 aliphatic carbocycles. The van der Waals surface area contributed by atoms with Crippen molar-refractivity contribution < 1.29 is 0 Å². The van der Waals surface area contributed by atoms with Gasteiger partial charge < -0.3 is 0 Å². The Morgan fingerprint density at radius 2 is 1.55 bits per heavy atom. The number of hydrogen-bond acceptors (Lipinski definition) is 14. The number of nitrogens with one attached hydrogen (secondary N) is 1. The molecule has 1 N–H and O–H groups in total. The second-order valence-corrected chi connectivity index (χ2v) is 7.30. The first-order chi connectivity index (χ1) is 14.0. The van der Waals surface area contributed by atoms with Crippen LogP contribution in [0.5, 0.6) is 0 Å². The van der Waals surface area contributed by atoms with E-state index in [2.05, 4.69) is 66.9 Å². The number of rotatable bonds is 1. The number of likely N-dealkylation sites (N-methyl/N-ethyl adjacent to an activating group) is 1. The fraction of sp³-hybridized carbons (Fsp3) is 0.333. The molecule has 0 fully saturated rings. The van der Waals surface area contributed by atoms with Gasteiger partial charge in [-0.05, 0) is 24.3 Å². The highest BCUT2D eigenvalue weighted by molar-refractivity contribution is 5.72. The van der Waals surface area contributed by atoms with E-state index in [4.69, 9.17) is 0 Å². The number of nitrogens with zero attached hydrogens (tertiary/aromatic N) is 13. The minimum atomic E-state index is -0.544. The zero-order valence-corrected chi connectivity index (χ0v) is 15.5. The Morgan fingerprint density at radius 1 is 0.828 bits per heavy atom. The molecule has 14 heteroatoms. The summed E-state index contributed by atoms with van der Waals surface area (Å²) in [6.45, 7) is 3.94. The van der Waals surface area contributed by atoms with E-state index >= 15 is 0 Å². The molecule has 0 atom stereocenters. The maximum Gasteiger partial charge on any atom is 0.221 e. The van der Waals surface area contributed by atoms with Gasteiger partial charge in [0.15, 0.2) is 0 Å². The molecule has 3 aromatic heterocycles. The number of allylic oxidation sites excluding steroid dienone is 1. The fourth-order valence-electron chi connectivity index (χ4n) is 3.65. The van der Waals surface area contributed by atoms with Crippen LogP contribution in [0, 0.1) is 0 Å². The van der Waals surface area contributed by atoms with Gasteiger partial charge in [-0.15, -0.1) is 35.7 Å². The number of hydrazine groups is 1. The number of fused-ring (bicyclic) bond motifs is 5. The molecule has 0 aromatic carbocycles. The summed E-state index contributed by atoms with van der Waals surface area (Å²) in [5, 5.41) is 42.1. The van der Waals surface area contributed by atoms with E-state index in [1.165, 1.54) is 0 Å². The Kier molecular flexibility index (Phi) is 2.88. The van der Waals surface area contributed by atoms with E-state index in [9.17, 15) is 0 Å². The highest BCUT2D eigenvalue weighted by Crippen LogP contribution is 2.43. The maximum atomic E-state index is 4.67. The minimum Gasteiger partial charge on any atom is -0.275 e. The van der Waals surface area contributed by atoms with Crippen molar-refractivity contribution in [2.45, 2.75) is 25.7 Å². The van der Waals surface area contributed by atoms with Crippen LogP contribution in [-0.2, 0) is 11.8 Å². The lowest BCUT2D eigenvalue weighted by Gasteiger charge is -2.21. The molecule has 0 saturated heterocycles. The first kappa shape index (κ1) is 15.9. The molecule has 0 bridgehead atoms. The summed E-state index contributed by atoms with van der Waals surface area (Å²) < 4.78 is 0. The zero-order valence-electron chi connectivity index (χ0n) is 15.5. The van der Waals surface area contributed by atoms with Crippen molar-refractivity contribution in [2.24, 2.45) is 10.3 Å². The lowest BCUT2D eigenvalue weighted by Crippen LogP contribution is -2.31. The number of hydrogen-bond donors (Lipinski definition) is 1. The van der Waals surface area contributed by atoms with Gasteiger partial charge in [0.25, 0.3) is 0 Å². The van der Waals surface area contributed by atoms with Gasteiger partial charge in [0.05, 0.1) is 22.5 Å². The average molecular weight is 388 g/mol. The monoisotopic (exact) mass is 388 g/mol. The van der Waals surface area contributed by atoms with E-state index < -0.39 is 5.41 Å². The van der Waals surface area contributed by atoms with Crippen molar-refractivity contribution in [3.63, 3.8) is 0 Å². The van der Waals surface area contributed by atoms with Crippen LogP contribution in [0.1, 0.15) is 36.6 Å². The third-order valence-corrected chi connectivity index (χ3v) is 5.19. The molecule has 0 amide bonds. The molecule has 0 spiro atoms. The van der Waals surface area contributed by atoms with Crippen LogP contribution < -0.4 is 5.53 Å². The summed E-state index contributed by atoms with van der Waals surface area (Å²) in [5.41, 5.74) is 7.57. The molecule has 142 valence electrons. The van der Waals surface area contributed by atoms with Gasteiger partial charge in [-0.25, -0.2) is 9.97 Å². The first-order valence-electron chi connectivity index (χ1n) is 8.73. The third kappa shape index (κ3) is 2.04. The van der Waals surface area contributed by atoms with E-state index in [-0.39, 0.29) is 11.6 Å². The molecule has 6 rings (SSSR count). The maximum absolute atomic E-state index is 4.67. The molecular formula is C15H12N14. The molecule has 3 aromatic rings. The predicted molar refractivity (Wildman–Crippen MR) is 93.8 cm³/mol. The van der Waals surface area contributed by atoms with Gasteiger partial charge in [-0.3, -0.25) is 5.01 Å². The van der Waals surface area contributed by atoms with E-state index in [0.29, 0.717) is 40.6 Å². The van der Waals surface area contributed by atoms with E-state index in [1.807, 2.05) is 20.9 Å². The Bertz CT molecular complexity index is 1260. The Hall–Kier alpha value is -4.10. The van der Waals surface area contributed by atoms with Crippen molar-refractivity contribution >= 4 is 5.70 Å². The van der Waals surface area contributed by atoms with Crippen LogP contribution in [-0.4, -0.2) is 63.0 Å². The smallest absolute Gasteiger partial charge is 0.221 e. The first-order valence-corrected chi connectivity index (χ1v) is 8.73. The molecule has 14 nitrogen and oxygen atoms in total. The number of aromatic nitrogens is 10. The van der Waals surface area contributed by atoms with Crippen LogP contribution in [0.25, 0.3) is 28.7 Å². The van der Waals surface area contributed by atoms with Gasteiger partial charge in [0.2, 0.25) is 11.6 Å². The molecule has 4 heterocycles. The Morgan fingerprint density at radius 3 is 2.41 bits per heavy atom. The van der Waals surface area contributed by atoms with Crippen molar-refractivity contribution in [1.29, 1.82) is 0 Å². The molecular weight excluding hydrogens is 376 g/mol. The summed E-state index contributed by atoms with van der Waals surface area (Å²) in [6.07, 6.45) is 0.552. The van der Waals surface area contributed by atoms with Gasteiger partial charge >= 0.3 is 0 Å². The van der Waals surface area contributed by atoms with Crippen LogP contribution in [0.3, 0.4) is 0 Å². The summed E-state index contributed by atoms with van der Waals surface area (Å²) in [4.78, 5) is 9.28. The molecule has 0 radical (unpaired) electrons. The van der Waals surface area contributed by atoms with Gasteiger partial charge in [0, 0.05) is 13.5 Å². The fourth-order valence-corrected chi connectivity index (χ4v) is 3.65. The second kappa shape index (κ2) is 5.24. The van der Waals surface area contributed by atoms with E-state index in [1.54, 1.807) is 5.01 Å². The second-order valence-electron chi connectivity index (χ2n) is 7.30. The largest absolute Gasteiger partial charge is 0.275 e. The van der Waals surface area contributed by atoms with Crippen LogP contribution in [0.4, 0.5) is 0 Å². The Labute approximate surface area is 162 Å². The SMILES string of the molecule is CN1NN=NC2=C1Cc1nc(-c3nnc4c(n3)C(C)(C)c3nnnnc3-4)nnc12. The predicted octanol–water partition coefficient (Wildman–Crippen LogP) is -0.348. The van der Waals surface area contributed by atoms with Crippen molar-refractivity contribution in [1.82, 2.24) is 61.5 Å². The third-order valence-electron chi connectivity index (χ3n) is 5.19.